The van der Waals surface area contributed by atoms with Gasteiger partial charge in [-0.15, -0.1) is 0 Å². The fourth-order valence-electron chi connectivity index (χ4n) is 3.04. The van der Waals surface area contributed by atoms with E-state index in [9.17, 15) is 4.79 Å². The highest BCUT2D eigenvalue weighted by Gasteiger charge is 2.25. The molecular formula is C16H22N4O2. The zero-order valence-electron chi connectivity index (χ0n) is 13.5. The number of ether oxygens (including phenoxy) is 1. The van der Waals surface area contributed by atoms with Gasteiger partial charge in [0.1, 0.15) is 0 Å². The molecule has 3 heterocycles. The van der Waals surface area contributed by atoms with Crippen LogP contribution in [-0.2, 0) is 11.8 Å². The zero-order valence-corrected chi connectivity index (χ0v) is 13.5. The first kappa shape index (κ1) is 15.0. The van der Waals surface area contributed by atoms with E-state index in [2.05, 4.69) is 15.4 Å². The Morgan fingerprint density at radius 1 is 1.45 bits per heavy atom. The van der Waals surface area contributed by atoms with Crippen LogP contribution in [0.4, 0.5) is 0 Å². The first-order valence-corrected chi connectivity index (χ1v) is 7.71. The van der Waals surface area contributed by atoms with E-state index in [-0.39, 0.29) is 18.1 Å². The van der Waals surface area contributed by atoms with Crippen LogP contribution >= 0.6 is 0 Å². The Morgan fingerprint density at radius 3 is 2.91 bits per heavy atom. The summed E-state index contributed by atoms with van der Waals surface area (Å²) >= 11 is 0. The number of fused-ring (bicyclic) bond motifs is 1. The molecule has 0 spiro atoms. The molecule has 1 aliphatic heterocycles. The van der Waals surface area contributed by atoms with E-state index in [0.717, 1.165) is 36.2 Å². The number of hydrogen-bond donors (Lipinski definition) is 1. The van der Waals surface area contributed by atoms with Crippen LogP contribution in [0, 0.1) is 13.8 Å². The monoisotopic (exact) mass is 302 g/mol. The van der Waals surface area contributed by atoms with Gasteiger partial charge < -0.3 is 10.1 Å². The Morgan fingerprint density at radius 2 is 2.23 bits per heavy atom. The third-order valence-electron chi connectivity index (χ3n) is 4.32. The van der Waals surface area contributed by atoms with Crippen LogP contribution in [0.5, 0.6) is 0 Å². The number of pyridine rings is 1. The Kier molecular flexibility index (Phi) is 3.87. The van der Waals surface area contributed by atoms with Crippen molar-refractivity contribution in [1.29, 1.82) is 0 Å². The van der Waals surface area contributed by atoms with Crippen molar-refractivity contribution in [3.63, 3.8) is 0 Å². The van der Waals surface area contributed by atoms with E-state index in [0.29, 0.717) is 11.3 Å². The predicted octanol–water partition coefficient (Wildman–Crippen LogP) is 1.88. The molecule has 0 aromatic carbocycles. The molecular weight excluding hydrogens is 280 g/mol. The summed E-state index contributed by atoms with van der Waals surface area (Å²) in [6, 6.07) is 1.89. The normalized spacial score (nSPS) is 19.5. The molecule has 0 unspecified atom stereocenters. The molecule has 1 aliphatic rings. The van der Waals surface area contributed by atoms with Gasteiger partial charge in [-0.05, 0) is 39.7 Å². The number of aryl methyl sites for hydroxylation is 3. The van der Waals surface area contributed by atoms with Crippen molar-refractivity contribution in [3.05, 3.63) is 23.0 Å². The molecule has 1 fully saturated rings. The Balaban J connectivity index is 1.87. The quantitative estimate of drug-likeness (QED) is 0.940. The van der Waals surface area contributed by atoms with E-state index < -0.39 is 0 Å². The molecule has 2 atom stereocenters. The molecule has 0 aliphatic carbocycles. The number of carbonyl (C=O) groups is 1. The van der Waals surface area contributed by atoms with Crippen molar-refractivity contribution in [2.24, 2.45) is 7.05 Å². The molecule has 1 amide bonds. The lowest BCUT2D eigenvalue weighted by Crippen LogP contribution is -2.41. The minimum atomic E-state index is -0.0989. The van der Waals surface area contributed by atoms with Gasteiger partial charge in [-0.3, -0.25) is 9.48 Å². The number of carbonyl (C=O) groups excluding carboxylic acids is 1. The molecule has 118 valence electrons. The maximum Gasteiger partial charge on any atom is 0.253 e. The molecule has 2 aromatic rings. The van der Waals surface area contributed by atoms with Crippen molar-refractivity contribution in [2.75, 3.05) is 6.61 Å². The SMILES string of the molecule is Cc1nc2c(cc1C(=O)N[C@H](C)[C@H]1CCCO1)c(C)nn2C. The lowest BCUT2D eigenvalue weighted by Gasteiger charge is -2.20. The van der Waals surface area contributed by atoms with E-state index in [1.54, 1.807) is 4.68 Å². The smallest absolute Gasteiger partial charge is 0.253 e. The Bertz CT molecular complexity index is 716. The fourth-order valence-corrected chi connectivity index (χ4v) is 3.04. The molecule has 2 aromatic heterocycles. The average molecular weight is 302 g/mol. The molecule has 3 rings (SSSR count). The second-order valence-electron chi connectivity index (χ2n) is 6.02. The second kappa shape index (κ2) is 5.68. The number of nitrogens with zero attached hydrogens (tertiary/aromatic N) is 3. The summed E-state index contributed by atoms with van der Waals surface area (Å²) in [5, 5.41) is 8.32. The van der Waals surface area contributed by atoms with Crippen LogP contribution in [0.1, 0.15) is 41.5 Å². The summed E-state index contributed by atoms with van der Waals surface area (Å²) < 4.78 is 7.38. The Hall–Kier alpha value is -1.95. The lowest BCUT2D eigenvalue weighted by molar-refractivity contribution is 0.0712. The van der Waals surface area contributed by atoms with Gasteiger partial charge in [-0.25, -0.2) is 4.98 Å². The third kappa shape index (κ3) is 2.59. The summed E-state index contributed by atoms with van der Waals surface area (Å²) in [5.74, 6) is -0.0989. The van der Waals surface area contributed by atoms with Gasteiger partial charge in [0.15, 0.2) is 5.65 Å². The van der Waals surface area contributed by atoms with Crippen LogP contribution in [0.2, 0.25) is 0 Å². The summed E-state index contributed by atoms with van der Waals surface area (Å²) in [4.78, 5) is 17.1. The highest BCUT2D eigenvalue weighted by molar-refractivity contribution is 5.98. The van der Waals surface area contributed by atoms with Crippen LogP contribution in [-0.4, -0.2) is 39.4 Å². The maximum atomic E-state index is 12.6. The number of rotatable bonds is 3. The van der Waals surface area contributed by atoms with E-state index >= 15 is 0 Å². The first-order valence-electron chi connectivity index (χ1n) is 7.71. The van der Waals surface area contributed by atoms with Crippen molar-refractivity contribution < 1.29 is 9.53 Å². The van der Waals surface area contributed by atoms with Crippen LogP contribution in [0.25, 0.3) is 11.0 Å². The first-order chi connectivity index (χ1) is 10.5. The molecule has 0 radical (unpaired) electrons. The van der Waals surface area contributed by atoms with Gasteiger partial charge in [0.2, 0.25) is 0 Å². The molecule has 1 N–H and O–H groups in total. The van der Waals surface area contributed by atoms with Crippen molar-refractivity contribution in [2.45, 2.75) is 45.8 Å². The number of nitrogens with one attached hydrogen (secondary N) is 1. The molecule has 0 bridgehead atoms. The summed E-state index contributed by atoms with van der Waals surface area (Å²) in [5.41, 5.74) is 3.01. The summed E-state index contributed by atoms with van der Waals surface area (Å²) in [6.45, 7) is 6.56. The van der Waals surface area contributed by atoms with Gasteiger partial charge in [-0.1, -0.05) is 0 Å². The molecule has 6 heteroatoms. The average Bonchev–Trinajstić information content (AvgIpc) is 3.08. The second-order valence-corrected chi connectivity index (χ2v) is 6.02. The van der Waals surface area contributed by atoms with Gasteiger partial charge in [0.05, 0.1) is 29.1 Å². The lowest BCUT2D eigenvalue weighted by atomic mass is 10.1. The predicted molar refractivity (Wildman–Crippen MR) is 83.9 cm³/mol. The van der Waals surface area contributed by atoms with Crippen molar-refractivity contribution in [3.8, 4) is 0 Å². The van der Waals surface area contributed by atoms with Gasteiger partial charge in [0, 0.05) is 19.0 Å². The topological polar surface area (TPSA) is 69.0 Å². The van der Waals surface area contributed by atoms with Gasteiger partial charge in [0.25, 0.3) is 5.91 Å². The van der Waals surface area contributed by atoms with Gasteiger partial charge in [-0.2, -0.15) is 5.10 Å². The summed E-state index contributed by atoms with van der Waals surface area (Å²) in [7, 11) is 1.86. The van der Waals surface area contributed by atoms with Crippen LogP contribution < -0.4 is 5.32 Å². The molecule has 6 nitrogen and oxygen atoms in total. The number of hydrogen-bond acceptors (Lipinski definition) is 4. The van der Waals surface area contributed by atoms with E-state index in [1.807, 2.05) is 33.9 Å². The zero-order chi connectivity index (χ0) is 15.9. The minimum Gasteiger partial charge on any atom is -0.376 e. The van der Waals surface area contributed by atoms with Crippen molar-refractivity contribution in [1.82, 2.24) is 20.1 Å². The molecule has 1 saturated heterocycles. The molecule has 0 saturated carbocycles. The summed E-state index contributed by atoms with van der Waals surface area (Å²) in [6.07, 6.45) is 2.17. The highest BCUT2D eigenvalue weighted by atomic mass is 16.5. The van der Waals surface area contributed by atoms with Gasteiger partial charge >= 0.3 is 0 Å². The largest absolute Gasteiger partial charge is 0.376 e. The maximum absolute atomic E-state index is 12.6. The molecule has 22 heavy (non-hydrogen) atoms. The van der Waals surface area contributed by atoms with Crippen molar-refractivity contribution >= 4 is 16.9 Å². The minimum absolute atomic E-state index is 0.0000854. The number of amides is 1. The van der Waals surface area contributed by atoms with E-state index in [4.69, 9.17) is 4.74 Å². The van der Waals surface area contributed by atoms with Crippen LogP contribution in [0.15, 0.2) is 6.07 Å². The fraction of sp³-hybridized carbons (Fsp3) is 0.562. The van der Waals surface area contributed by atoms with Crippen LogP contribution in [0.3, 0.4) is 0 Å². The van der Waals surface area contributed by atoms with E-state index in [1.165, 1.54) is 0 Å². The third-order valence-corrected chi connectivity index (χ3v) is 4.32. The standard InChI is InChI=1S/C16H22N4O2/c1-9-13(8-12-10(2)19-20(4)15(12)17-9)16(21)18-11(3)14-6-5-7-22-14/h8,11,14H,5-7H2,1-4H3,(H,18,21)/t11-,14-/m1/s1. The highest BCUT2D eigenvalue weighted by Crippen LogP contribution is 2.20. The number of aromatic nitrogens is 3. The Labute approximate surface area is 129 Å².